The Kier molecular flexibility index (Phi) is 4.58. The number of nitrogens with one attached hydrogen (secondary N) is 1. The molecular weight excluding hydrogens is 324 g/mol. The lowest BCUT2D eigenvalue weighted by molar-refractivity contribution is 0.0573. The van der Waals surface area contributed by atoms with Crippen LogP contribution in [-0.2, 0) is 16.4 Å². The second-order valence-electron chi connectivity index (χ2n) is 7.40. The van der Waals surface area contributed by atoms with Crippen LogP contribution in [0.25, 0.3) is 0 Å². The summed E-state index contributed by atoms with van der Waals surface area (Å²) in [7, 11) is -3.57. The Balaban J connectivity index is 1.79. The van der Waals surface area contributed by atoms with E-state index >= 15 is 0 Å². The highest BCUT2D eigenvalue weighted by atomic mass is 32.2. The number of fused-ring (bicyclic) bond motifs is 1. The average molecular weight is 348 g/mol. The second-order valence-corrected chi connectivity index (χ2v) is 9.39. The van der Waals surface area contributed by atoms with Crippen molar-refractivity contribution in [2.24, 2.45) is 5.92 Å². The fourth-order valence-corrected chi connectivity index (χ4v) is 4.99. The molecule has 1 fully saturated rings. The predicted octanol–water partition coefficient (Wildman–Crippen LogP) is 2.77. The van der Waals surface area contributed by atoms with E-state index in [0.717, 1.165) is 24.2 Å². The van der Waals surface area contributed by atoms with Crippen molar-refractivity contribution in [2.75, 3.05) is 0 Å². The van der Waals surface area contributed by atoms with Crippen LogP contribution < -0.4 is 9.46 Å². The number of nitrogens with zero attached hydrogens (tertiary/aromatic N) is 1. The van der Waals surface area contributed by atoms with Crippen molar-refractivity contribution in [3.8, 4) is 11.8 Å². The Labute approximate surface area is 144 Å². The zero-order valence-electron chi connectivity index (χ0n) is 14.2. The van der Waals surface area contributed by atoms with Crippen LogP contribution in [-0.4, -0.2) is 25.3 Å². The minimum Gasteiger partial charge on any atom is -0.486 e. The van der Waals surface area contributed by atoms with E-state index in [0.29, 0.717) is 18.8 Å². The Morgan fingerprint density at radius 1 is 1.38 bits per heavy atom. The van der Waals surface area contributed by atoms with Crippen LogP contribution in [0.15, 0.2) is 24.3 Å². The standard InChI is InChI=1S/C18H24N2O3S/c1-18(2)17(12-14-5-3-4-6-16(14)23-18)20-24(21,22)15(9-10-19)11-13-7-8-13/h3-6,13,15,17,20H,7-9,11-12H2,1-2H3. The molecule has 3 rings (SSSR count). The van der Waals surface area contributed by atoms with Crippen molar-refractivity contribution in [1.29, 1.82) is 5.26 Å². The van der Waals surface area contributed by atoms with Crippen LogP contribution in [0.5, 0.6) is 5.75 Å². The fraction of sp³-hybridized carbons (Fsp3) is 0.611. The van der Waals surface area contributed by atoms with Gasteiger partial charge in [0.1, 0.15) is 11.4 Å². The van der Waals surface area contributed by atoms with Crippen LogP contribution in [0, 0.1) is 17.2 Å². The van der Waals surface area contributed by atoms with E-state index in [2.05, 4.69) is 4.72 Å². The minimum atomic E-state index is -3.57. The molecule has 0 aromatic heterocycles. The van der Waals surface area contributed by atoms with Gasteiger partial charge in [0.2, 0.25) is 10.0 Å². The minimum absolute atomic E-state index is 0.0381. The summed E-state index contributed by atoms with van der Waals surface area (Å²) < 4.78 is 34.5. The highest BCUT2D eigenvalue weighted by molar-refractivity contribution is 7.90. The van der Waals surface area contributed by atoms with E-state index in [1.54, 1.807) is 0 Å². The molecule has 0 radical (unpaired) electrons. The Bertz CT molecular complexity index is 748. The number of rotatable bonds is 6. The summed E-state index contributed by atoms with van der Waals surface area (Å²) in [4.78, 5) is 0. The molecule has 24 heavy (non-hydrogen) atoms. The number of ether oxygens (including phenoxy) is 1. The molecule has 1 N–H and O–H groups in total. The maximum atomic E-state index is 12.8. The van der Waals surface area contributed by atoms with Gasteiger partial charge in [-0.25, -0.2) is 13.1 Å². The lowest BCUT2D eigenvalue weighted by Gasteiger charge is -2.40. The van der Waals surface area contributed by atoms with Crippen molar-refractivity contribution in [3.05, 3.63) is 29.8 Å². The van der Waals surface area contributed by atoms with Gasteiger partial charge in [-0.05, 0) is 44.2 Å². The molecule has 0 spiro atoms. The number of benzene rings is 1. The summed E-state index contributed by atoms with van der Waals surface area (Å²) in [6.07, 6.45) is 3.35. The molecule has 0 bridgehead atoms. The van der Waals surface area contributed by atoms with E-state index in [9.17, 15) is 8.42 Å². The van der Waals surface area contributed by atoms with Gasteiger partial charge in [-0.15, -0.1) is 0 Å². The van der Waals surface area contributed by atoms with Gasteiger partial charge >= 0.3 is 0 Å². The van der Waals surface area contributed by atoms with Gasteiger partial charge in [-0.1, -0.05) is 31.0 Å². The topological polar surface area (TPSA) is 79.2 Å². The van der Waals surface area contributed by atoms with Crippen molar-refractivity contribution in [1.82, 2.24) is 4.72 Å². The summed E-state index contributed by atoms with van der Waals surface area (Å²) >= 11 is 0. The highest BCUT2D eigenvalue weighted by Gasteiger charge is 2.41. The molecule has 1 heterocycles. The molecule has 0 saturated heterocycles. The smallest absolute Gasteiger partial charge is 0.215 e. The van der Waals surface area contributed by atoms with Crippen molar-refractivity contribution >= 4 is 10.0 Å². The molecule has 1 aliphatic heterocycles. The molecule has 2 unspecified atom stereocenters. The lowest BCUT2D eigenvalue weighted by Crippen LogP contribution is -2.57. The second kappa shape index (κ2) is 6.38. The summed E-state index contributed by atoms with van der Waals surface area (Å²) in [6.45, 7) is 3.80. The molecule has 1 aliphatic carbocycles. The summed E-state index contributed by atoms with van der Waals surface area (Å²) in [5.74, 6) is 1.26. The third-order valence-corrected chi connectivity index (χ3v) is 6.82. The first-order valence-corrected chi connectivity index (χ1v) is 10.0. The molecule has 130 valence electrons. The predicted molar refractivity (Wildman–Crippen MR) is 92.1 cm³/mol. The van der Waals surface area contributed by atoms with Gasteiger partial charge in [-0.3, -0.25) is 0 Å². The van der Waals surface area contributed by atoms with E-state index in [1.807, 2.05) is 44.2 Å². The summed E-state index contributed by atoms with van der Waals surface area (Å²) in [5.41, 5.74) is 0.363. The average Bonchev–Trinajstić information content (AvgIpc) is 3.31. The van der Waals surface area contributed by atoms with Gasteiger partial charge in [0.05, 0.1) is 23.8 Å². The summed E-state index contributed by atoms with van der Waals surface area (Å²) in [6, 6.07) is 9.40. The fourth-order valence-electron chi connectivity index (χ4n) is 3.22. The lowest BCUT2D eigenvalue weighted by atomic mass is 9.89. The maximum absolute atomic E-state index is 12.8. The monoisotopic (exact) mass is 348 g/mol. The van der Waals surface area contributed by atoms with Gasteiger partial charge in [0.15, 0.2) is 0 Å². The molecule has 2 atom stereocenters. The molecule has 5 nitrogen and oxygen atoms in total. The molecule has 0 amide bonds. The third kappa shape index (κ3) is 3.73. The van der Waals surface area contributed by atoms with E-state index in [-0.39, 0.29) is 12.5 Å². The van der Waals surface area contributed by atoms with Crippen LogP contribution in [0.4, 0.5) is 0 Å². The molecule has 1 saturated carbocycles. The quantitative estimate of drug-likeness (QED) is 0.857. The van der Waals surface area contributed by atoms with Crippen LogP contribution in [0.3, 0.4) is 0 Å². The number of para-hydroxylation sites is 1. The van der Waals surface area contributed by atoms with Gasteiger partial charge < -0.3 is 4.74 Å². The first-order valence-electron chi connectivity index (χ1n) is 8.47. The number of sulfonamides is 1. The Morgan fingerprint density at radius 2 is 2.08 bits per heavy atom. The van der Waals surface area contributed by atoms with Crippen molar-refractivity contribution < 1.29 is 13.2 Å². The highest BCUT2D eigenvalue weighted by Crippen LogP contribution is 2.37. The SMILES string of the molecule is CC1(C)Oc2ccccc2CC1NS(=O)(=O)C(CC#N)CC1CC1. The van der Waals surface area contributed by atoms with E-state index in [1.165, 1.54) is 0 Å². The Hall–Kier alpha value is -1.58. The van der Waals surface area contributed by atoms with Crippen molar-refractivity contribution in [3.63, 3.8) is 0 Å². The zero-order valence-corrected chi connectivity index (χ0v) is 15.0. The van der Waals surface area contributed by atoms with Crippen LogP contribution in [0.2, 0.25) is 0 Å². The third-order valence-electron chi connectivity index (χ3n) is 4.97. The number of hydrogen-bond donors (Lipinski definition) is 1. The molecular formula is C18H24N2O3S. The largest absolute Gasteiger partial charge is 0.486 e. The number of hydrogen-bond acceptors (Lipinski definition) is 4. The molecule has 6 heteroatoms. The van der Waals surface area contributed by atoms with Crippen LogP contribution in [0.1, 0.15) is 45.1 Å². The van der Waals surface area contributed by atoms with Gasteiger partial charge in [0, 0.05) is 0 Å². The molecule has 2 aliphatic rings. The molecule has 1 aromatic carbocycles. The maximum Gasteiger partial charge on any atom is 0.215 e. The van der Waals surface area contributed by atoms with E-state index < -0.39 is 20.9 Å². The van der Waals surface area contributed by atoms with Gasteiger partial charge in [-0.2, -0.15) is 5.26 Å². The van der Waals surface area contributed by atoms with E-state index in [4.69, 9.17) is 10.00 Å². The Morgan fingerprint density at radius 3 is 2.75 bits per heavy atom. The van der Waals surface area contributed by atoms with Gasteiger partial charge in [0.25, 0.3) is 0 Å². The zero-order chi connectivity index (χ0) is 17.4. The normalized spacial score (nSPS) is 23.6. The summed E-state index contributed by atoms with van der Waals surface area (Å²) in [5, 5.41) is 8.37. The van der Waals surface area contributed by atoms with Crippen LogP contribution >= 0.6 is 0 Å². The number of nitriles is 1. The first-order chi connectivity index (χ1) is 11.3. The van der Waals surface area contributed by atoms with Crippen molar-refractivity contribution in [2.45, 2.75) is 62.8 Å². The first kappa shape index (κ1) is 17.2. The molecule has 1 aromatic rings.